The van der Waals surface area contributed by atoms with Gasteiger partial charge in [-0.2, -0.15) is 0 Å². The van der Waals surface area contributed by atoms with Gasteiger partial charge in [0.05, 0.1) is 6.10 Å². The van der Waals surface area contributed by atoms with Crippen LogP contribution in [0.15, 0.2) is 6.07 Å². The van der Waals surface area contributed by atoms with Crippen molar-refractivity contribution in [3.05, 3.63) is 11.9 Å². The maximum atomic E-state index is 5.51. The van der Waals surface area contributed by atoms with E-state index in [1.807, 2.05) is 13.0 Å². The molecule has 2 heterocycles. The minimum Gasteiger partial charge on any atom is -0.378 e. The molecule has 1 aromatic heterocycles. The summed E-state index contributed by atoms with van der Waals surface area (Å²) < 4.78 is 5.51. The van der Waals surface area contributed by atoms with E-state index in [1.165, 1.54) is 0 Å². The molecule has 0 aromatic carbocycles. The Hall–Kier alpha value is -1.40. The molecule has 17 heavy (non-hydrogen) atoms. The highest BCUT2D eigenvalue weighted by Gasteiger charge is 2.19. The number of hydrogen-bond acceptors (Lipinski definition) is 6. The van der Waals surface area contributed by atoms with Crippen LogP contribution in [0, 0.1) is 6.92 Å². The van der Waals surface area contributed by atoms with Gasteiger partial charge in [0.1, 0.15) is 17.5 Å². The third kappa shape index (κ3) is 3.28. The van der Waals surface area contributed by atoms with Gasteiger partial charge in [-0.15, -0.1) is 0 Å². The highest BCUT2D eigenvalue weighted by molar-refractivity contribution is 5.47. The number of anilines is 2. The second-order valence-electron chi connectivity index (χ2n) is 4.38. The van der Waals surface area contributed by atoms with Gasteiger partial charge in [0, 0.05) is 18.7 Å². The summed E-state index contributed by atoms with van der Waals surface area (Å²) in [5.41, 5.74) is 2.54. The Bertz CT molecular complexity index is 384. The molecule has 1 fully saturated rings. The molecule has 0 amide bonds. The van der Waals surface area contributed by atoms with Crippen molar-refractivity contribution < 1.29 is 4.74 Å². The normalized spacial score (nSPS) is 24.4. The van der Waals surface area contributed by atoms with Crippen LogP contribution in [0.25, 0.3) is 0 Å². The Kier molecular flexibility index (Phi) is 3.75. The second kappa shape index (κ2) is 5.29. The van der Waals surface area contributed by atoms with Crippen molar-refractivity contribution in [3.63, 3.8) is 0 Å². The molecule has 6 nitrogen and oxygen atoms in total. The minimum atomic E-state index is 0.302. The number of rotatable bonds is 3. The third-order valence-electron chi connectivity index (χ3n) is 2.82. The van der Waals surface area contributed by atoms with Gasteiger partial charge >= 0.3 is 0 Å². The van der Waals surface area contributed by atoms with Gasteiger partial charge in [0.25, 0.3) is 0 Å². The Balaban J connectivity index is 2.04. The van der Waals surface area contributed by atoms with Gasteiger partial charge in [-0.25, -0.2) is 15.8 Å². The van der Waals surface area contributed by atoms with Gasteiger partial charge in [-0.1, -0.05) is 0 Å². The largest absolute Gasteiger partial charge is 0.378 e. The number of aryl methyl sites for hydroxylation is 1. The lowest BCUT2D eigenvalue weighted by atomic mass is 10.0. The highest BCUT2D eigenvalue weighted by atomic mass is 16.5. The molecule has 1 saturated heterocycles. The summed E-state index contributed by atoms with van der Waals surface area (Å²) in [4.78, 5) is 8.49. The SMILES string of the molecule is Cc1nc(NN)cc(NC2CCOC(C)C2)n1. The molecule has 1 aliphatic rings. The highest BCUT2D eigenvalue weighted by Crippen LogP contribution is 2.18. The maximum Gasteiger partial charge on any atom is 0.145 e. The van der Waals surface area contributed by atoms with E-state index in [4.69, 9.17) is 10.6 Å². The Labute approximate surface area is 101 Å². The topological polar surface area (TPSA) is 85.1 Å². The number of aromatic nitrogens is 2. The summed E-state index contributed by atoms with van der Waals surface area (Å²) in [5.74, 6) is 7.49. The van der Waals surface area contributed by atoms with Crippen LogP contribution in [0.2, 0.25) is 0 Å². The van der Waals surface area contributed by atoms with Gasteiger partial charge in [-0.05, 0) is 26.7 Å². The average molecular weight is 237 g/mol. The molecule has 1 aliphatic heterocycles. The fourth-order valence-corrected chi connectivity index (χ4v) is 2.05. The van der Waals surface area contributed by atoms with Crippen LogP contribution in [-0.4, -0.2) is 28.7 Å². The van der Waals surface area contributed by atoms with E-state index in [0.29, 0.717) is 23.8 Å². The first-order valence-electron chi connectivity index (χ1n) is 5.88. The molecule has 4 N–H and O–H groups in total. The first-order valence-corrected chi connectivity index (χ1v) is 5.88. The summed E-state index contributed by atoms with van der Waals surface area (Å²) in [7, 11) is 0. The molecule has 0 spiro atoms. The molecule has 0 bridgehead atoms. The van der Waals surface area contributed by atoms with Crippen molar-refractivity contribution in [2.75, 3.05) is 17.3 Å². The van der Waals surface area contributed by atoms with E-state index in [0.717, 1.165) is 25.3 Å². The van der Waals surface area contributed by atoms with Gasteiger partial charge in [0.2, 0.25) is 0 Å². The zero-order valence-electron chi connectivity index (χ0n) is 10.2. The summed E-state index contributed by atoms with van der Waals surface area (Å²) in [6.07, 6.45) is 2.30. The summed E-state index contributed by atoms with van der Waals surface area (Å²) >= 11 is 0. The number of hydrazine groups is 1. The standard InChI is InChI=1S/C11H19N5O/c1-7-5-9(3-4-17-7)15-10-6-11(16-12)14-8(2)13-10/h6-7,9H,3-5,12H2,1-2H3,(H2,13,14,15,16). The Morgan fingerprint density at radius 2 is 2.18 bits per heavy atom. The molecule has 0 saturated carbocycles. The van der Waals surface area contributed by atoms with Crippen LogP contribution in [0.3, 0.4) is 0 Å². The van der Waals surface area contributed by atoms with E-state index >= 15 is 0 Å². The van der Waals surface area contributed by atoms with Crippen molar-refractivity contribution in [2.45, 2.75) is 38.8 Å². The Morgan fingerprint density at radius 3 is 2.88 bits per heavy atom. The molecular formula is C11H19N5O. The minimum absolute atomic E-state index is 0.302. The number of nitrogens with zero attached hydrogens (tertiary/aromatic N) is 2. The maximum absolute atomic E-state index is 5.51. The number of ether oxygens (including phenoxy) is 1. The first-order chi connectivity index (χ1) is 8.17. The quantitative estimate of drug-likeness (QED) is 0.538. The van der Waals surface area contributed by atoms with E-state index in [-0.39, 0.29) is 0 Å². The van der Waals surface area contributed by atoms with Gasteiger partial charge in [0.15, 0.2) is 0 Å². The van der Waals surface area contributed by atoms with E-state index in [9.17, 15) is 0 Å². The molecule has 1 aromatic rings. The van der Waals surface area contributed by atoms with Crippen LogP contribution >= 0.6 is 0 Å². The predicted molar refractivity (Wildman–Crippen MR) is 66.6 cm³/mol. The zero-order chi connectivity index (χ0) is 12.3. The van der Waals surface area contributed by atoms with E-state index < -0.39 is 0 Å². The fourth-order valence-electron chi connectivity index (χ4n) is 2.05. The summed E-state index contributed by atoms with van der Waals surface area (Å²) in [6, 6.07) is 2.21. The summed E-state index contributed by atoms with van der Waals surface area (Å²) in [5, 5.41) is 3.40. The average Bonchev–Trinajstić information content (AvgIpc) is 2.28. The van der Waals surface area contributed by atoms with Crippen LogP contribution in [0.5, 0.6) is 0 Å². The van der Waals surface area contributed by atoms with E-state index in [1.54, 1.807) is 0 Å². The van der Waals surface area contributed by atoms with Crippen LogP contribution in [-0.2, 0) is 4.74 Å². The van der Waals surface area contributed by atoms with Gasteiger partial charge in [-0.3, -0.25) is 0 Å². The van der Waals surface area contributed by atoms with Crippen molar-refractivity contribution in [1.82, 2.24) is 9.97 Å². The van der Waals surface area contributed by atoms with Crippen molar-refractivity contribution in [2.24, 2.45) is 5.84 Å². The van der Waals surface area contributed by atoms with E-state index in [2.05, 4.69) is 27.6 Å². The molecular weight excluding hydrogens is 218 g/mol. The molecule has 2 rings (SSSR count). The lowest BCUT2D eigenvalue weighted by molar-refractivity contribution is 0.0232. The Morgan fingerprint density at radius 1 is 1.41 bits per heavy atom. The van der Waals surface area contributed by atoms with Crippen molar-refractivity contribution in [1.29, 1.82) is 0 Å². The number of hydrogen-bond donors (Lipinski definition) is 3. The zero-order valence-corrected chi connectivity index (χ0v) is 10.2. The molecule has 94 valence electrons. The lowest BCUT2D eigenvalue weighted by Crippen LogP contribution is -2.32. The van der Waals surface area contributed by atoms with Crippen molar-refractivity contribution in [3.8, 4) is 0 Å². The van der Waals surface area contributed by atoms with Crippen LogP contribution in [0.1, 0.15) is 25.6 Å². The smallest absolute Gasteiger partial charge is 0.145 e. The molecule has 0 aliphatic carbocycles. The number of nitrogens with one attached hydrogen (secondary N) is 2. The molecule has 2 unspecified atom stereocenters. The second-order valence-corrected chi connectivity index (χ2v) is 4.38. The monoisotopic (exact) mass is 237 g/mol. The van der Waals surface area contributed by atoms with Crippen molar-refractivity contribution >= 4 is 11.6 Å². The van der Waals surface area contributed by atoms with Crippen LogP contribution < -0.4 is 16.6 Å². The fraction of sp³-hybridized carbons (Fsp3) is 0.636. The van der Waals surface area contributed by atoms with Crippen LogP contribution in [0.4, 0.5) is 11.6 Å². The summed E-state index contributed by atoms with van der Waals surface area (Å²) in [6.45, 7) is 4.73. The number of nitrogens with two attached hydrogens (primary N) is 1. The third-order valence-corrected chi connectivity index (χ3v) is 2.82. The predicted octanol–water partition coefficient (Wildman–Crippen LogP) is 1.05. The van der Waals surface area contributed by atoms with Gasteiger partial charge < -0.3 is 15.5 Å². The molecule has 2 atom stereocenters. The lowest BCUT2D eigenvalue weighted by Gasteiger charge is -2.28. The first kappa shape index (κ1) is 12.1. The number of nitrogen functional groups attached to an aromatic ring is 1. The molecule has 6 heteroatoms. The molecule has 0 radical (unpaired) electrons.